The van der Waals surface area contributed by atoms with Gasteiger partial charge in [-0.25, -0.2) is 14.6 Å². The van der Waals surface area contributed by atoms with Crippen LogP contribution in [0.5, 0.6) is 11.5 Å². The van der Waals surface area contributed by atoms with E-state index in [0.717, 1.165) is 5.69 Å². The second-order valence-corrected chi connectivity index (χ2v) is 5.67. The molecule has 4 rings (SSSR count). The zero-order valence-corrected chi connectivity index (χ0v) is 14.6. The van der Waals surface area contributed by atoms with Gasteiger partial charge < -0.3 is 13.9 Å². The average Bonchev–Trinajstić information content (AvgIpc) is 3.12. The summed E-state index contributed by atoms with van der Waals surface area (Å²) in [5.74, 6) is 1.50. The maximum Gasteiger partial charge on any atom is 0.266 e. The minimum Gasteiger partial charge on any atom is -0.495 e. The molecule has 0 aromatic carbocycles. The summed E-state index contributed by atoms with van der Waals surface area (Å²) < 4.78 is 17.6. The molecular formula is C18H15N5O4. The van der Waals surface area contributed by atoms with E-state index in [1.165, 1.54) is 10.7 Å². The minimum absolute atomic E-state index is 0.212. The molecule has 0 aliphatic heterocycles. The lowest BCUT2D eigenvalue weighted by Gasteiger charge is -2.05. The Morgan fingerprint density at radius 1 is 1.11 bits per heavy atom. The van der Waals surface area contributed by atoms with Gasteiger partial charge in [-0.1, -0.05) is 0 Å². The first-order valence-electron chi connectivity index (χ1n) is 8.05. The highest BCUT2D eigenvalue weighted by molar-refractivity contribution is 5.72. The Balaban J connectivity index is 1.54. The van der Waals surface area contributed by atoms with E-state index in [0.29, 0.717) is 28.4 Å². The number of methoxy groups -OCH3 is 1. The highest BCUT2D eigenvalue weighted by Crippen LogP contribution is 2.24. The number of aryl methyl sites for hydroxylation is 1. The standard InChI is InChI=1S/C18H15N5O4/c1-23-16(24)6-5-14(22-23)18-21-15-7-13(9-20-17(15)27-18)26-10-11-3-4-12(25-2)8-19-11/h3-9H,10H2,1-2H3. The second-order valence-electron chi connectivity index (χ2n) is 5.67. The molecule has 0 saturated carbocycles. The first-order chi connectivity index (χ1) is 13.1. The fraction of sp³-hybridized carbons (Fsp3) is 0.167. The van der Waals surface area contributed by atoms with Gasteiger partial charge in [-0.3, -0.25) is 9.78 Å². The summed E-state index contributed by atoms with van der Waals surface area (Å²) in [5.41, 5.74) is 1.87. The number of pyridine rings is 2. The van der Waals surface area contributed by atoms with Gasteiger partial charge in [0.05, 0.1) is 25.2 Å². The SMILES string of the molecule is COc1ccc(COc2cnc3oc(-c4ccc(=O)n(C)n4)nc3c2)nc1. The summed E-state index contributed by atoms with van der Waals surface area (Å²) in [6, 6.07) is 8.32. The number of nitrogens with zero attached hydrogens (tertiary/aromatic N) is 5. The third-order valence-electron chi connectivity index (χ3n) is 3.82. The van der Waals surface area contributed by atoms with Crippen LogP contribution in [-0.2, 0) is 13.7 Å². The van der Waals surface area contributed by atoms with Crippen LogP contribution in [0.25, 0.3) is 22.8 Å². The lowest BCUT2D eigenvalue weighted by Crippen LogP contribution is -2.18. The molecule has 0 aliphatic rings. The van der Waals surface area contributed by atoms with Crippen molar-refractivity contribution in [1.29, 1.82) is 0 Å². The monoisotopic (exact) mass is 365 g/mol. The minimum atomic E-state index is -0.212. The Hall–Kier alpha value is -3.75. The molecule has 0 fully saturated rings. The Morgan fingerprint density at radius 3 is 2.70 bits per heavy atom. The van der Waals surface area contributed by atoms with Crippen molar-refractivity contribution in [3.8, 4) is 23.1 Å². The Morgan fingerprint density at radius 2 is 1.96 bits per heavy atom. The number of hydrogen-bond donors (Lipinski definition) is 0. The van der Waals surface area contributed by atoms with Crippen LogP contribution in [0, 0.1) is 0 Å². The van der Waals surface area contributed by atoms with Gasteiger partial charge >= 0.3 is 0 Å². The molecule has 136 valence electrons. The normalized spacial score (nSPS) is 10.9. The number of hydrogen-bond acceptors (Lipinski definition) is 8. The summed E-state index contributed by atoms with van der Waals surface area (Å²) in [6.45, 7) is 0.282. The highest BCUT2D eigenvalue weighted by Gasteiger charge is 2.12. The third-order valence-corrected chi connectivity index (χ3v) is 3.82. The molecule has 0 saturated heterocycles. The van der Waals surface area contributed by atoms with E-state index in [-0.39, 0.29) is 18.1 Å². The van der Waals surface area contributed by atoms with Crippen molar-refractivity contribution in [2.75, 3.05) is 7.11 Å². The van der Waals surface area contributed by atoms with Crippen molar-refractivity contribution >= 4 is 11.2 Å². The molecule has 0 radical (unpaired) electrons. The van der Waals surface area contributed by atoms with E-state index in [2.05, 4.69) is 20.1 Å². The number of ether oxygens (including phenoxy) is 2. The van der Waals surface area contributed by atoms with E-state index in [1.54, 1.807) is 38.7 Å². The van der Waals surface area contributed by atoms with Crippen LogP contribution in [0.1, 0.15) is 5.69 Å². The number of rotatable bonds is 5. The average molecular weight is 365 g/mol. The summed E-state index contributed by atoms with van der Waals surface area (Å²) in [6.07, 6.45) is 3.18. The lowest BCUT2D eigenvalue weighted by atomic mass is 10.3. The molecule has 0 bridgehead atoms. The quantitative estimate of drug-likeness (QED) is 0.528. The number of fused-ring (bicyclic) bond motifs is 1. The number of oxazole rings is 1. The van der Waals surface area contributed by atoms with Crippen molar-refractivity contribution in [2.24, 2.45) is 7.05 Å². The highest BCUT2D eigenvalue weighted by atomic mass is 16.5. The van der Waals surface area contributed by atoms with Crippen molar-refractivity contribution < 1.29 is 13.9 Å². The molecule has 0 N–H and O–H groups in total. The van der Waals surface area contributed by atoms with Crippen LogP contribution in [0.15, 0.2) is 51.9 Å². The first-order valence-corrected chi connectivity index (χ1v) is 8.05. The summed E-state index contributed by atoms with van der Waals surface area (Å²) in [7, 11) is 3.15. The van der Waals surface area contributed by atoms with Gasteiger partial charge in [0, 0.05) is 19.2 Å². The topological polar surface area (TPSA) is 105 Å². The Bertz CT molecular complexity index is 1150. The Labute approximate surface area is 153 Å². The van der Waals surface area contributed by atoms with Crippen LogP contribution in [0.2, 0.25) is 0 Å². The zero-order valence-electron chi connectivity index (χ0n) is 14.6. The predicted octanol–water partition coefficient (Wildman–Crippen LogP) is 1.97. The van der Waals surface area contributed by atoms with Gasteiger partial charge in [-0.15, -0.1) is 0 Å². The zero-order chi connectivity index (χ0) is 18.8. The van der Waals surface area contributed by atoms with E-state index in [1.807, 2.05) is 12.1 Å². The van der Waals surface area contributed by atoms with Crippen molar-refractivity contribution in [1.82, 2.24) is 24.7 Å². The lowest BCUT2D eigenvalue weighted by molar-refractivity contribution is 0.300. The molecule has 9 heteroatoms. The molecule has 27 heavy (non-hydrogen) atoms. The third kappa shape index (κ3) is 3.47. The van der Waals surface area contributed by atoms with Crippen LogP contribution in [-0.4, -0.2) is 31.8 Å². The van der Waals surface area contributed by atoms with Gasteiger partial charge in [0.25, 0.3) is 5.56 Å². The molecule has 9 nitrogen and oxygen atoms in total. The maximum absolute atomic E-state index is 11.5. The Kier molecular flexibility index (Phi) is 4.25. The van der Waals surface area contributed by atoms with Gasteiger partial charge in [0.2, 0.25) is 11.6 Å². The fourth-order valence-electron chi connectivity index (χ4n) is 2.38. The van der Waals surface area contributed by atoms with Crippen LogP contribution in [0.4, 0.5) is 0 Å². The van der Waals surface area contributed by atoms with Crippen molar-refractivity contribution in [3.63, 3.8) is 0 Å². The van der Waals surface area contributed by atoms with Crippen molar-refractivity contribution in [3.05, 3.63) is 58.8 Å². The molecule has 4 heterocycles. The molecule has 4 aromatic heterocycles. The summed E-state index contributed by atoms with van der Waals surface area (Å²) >= 11 is 0. The van der Waals surface area contributed by atoms with Gasteiger partial charge in [-0.05, 0) is 18.2 Å². The van der Waals surface area contributed by atoms with E-state index < -0.39 is 0 Å². The molecule has 0 unspecified atom stereocenters. The van der Waals surface area contributed by atoms with E-state index in [4.69, 9.17) is 13.9 Å². The summed E-state index contributed by atoms with van der Waals surface area (Å²) in [5, 5.41) is 4.12. The molecule has 4 aromatic rings. The van der Waals surface area contributed by atoms with Crippen LogP contribution < -0.4 is 15.0 Å². The molecular weight excluding hydrogens is 350 g/mol. The van der Waals surface area contributed by atoms with Crippen LogP contribution in [0.3, 0.4) is 0 Å². The van der Waals surface area contributed by atoms with Gasteiger partial charge in [-0.2, -0.15) is 5.10 Å². The van der Waals surface area contributed by atoms with Gasteiger partial charge in [0.15, 0.2) is 0 Å². The van der Waals surface area contributed by atoms with E-state index in [9.17, 15) is 4.79 Å². The van der Waals surface area contributed by atoms with Crippen molar-refractivity contribution in [2.45, 2.75) is 6.61 Å². The predicted molar refractivity (Wildman–Crippen MR) is 95.4 cm³/mol. The molecule has 0 spiro atoms. The molecule has 0 amide bonds. The van der Waals surface area contributed by atoms with Crippen LogP contribution >= 0.6 is 0 Å². The molecule has 0 atom stereocenters. The first kappa shape index (κ1) is 16.7. The summed E-state index contributed by atoms with van der Waals surface area (Å²) in [4.78, 5) is 24.3. The smallest absolute Gasteiger partial charge is 0.266 e. The molecule has 0 aliphatic carbocycles. The maximum atomic E-state index is 11.5. The second kappa shape index (κ2) is 6.87. The fourth-order valence-corrected chi connectivity index (χ4v) is 2.38. The number of aromatic nitrogens is 5. The van der Waals surface area contributed by atoms with E-state index >= 15 is 0 Å². The largest absolute Gasteiger partial charge is 0.495 e. The van der Waals surface area contributed by atoms with Gasteiger partial charge in [0.1, 0.15) is 29.3 Å².